The number of thiophene rings is 1. The number of carbonyl (C=O) groups excluding carboxylic acids is 1. The second kappa shape index (κ2) is 6.17. The molecule has 0 saturated heterocycles. The molecule has 0 unspecified atom stereocenters. The lowest BCUT2D eigenvalue weighted by atomic mass is 10.2. The average molecular weight is 389 g/mol. The number of carbonyl (C=O) groups is 1. The molecule has 0 saturated carbocycles. The Kier molecular flexibility index (Phi) is 4.70. The van der Waals surface area contributed by atoms with Crippen LogP contribution < -0.4 is 10.0 Å². The molecule has 2 aromatic rings. The highest BCUT2D eigenvalue weighted by Gasteiger charge is 2.14. The van der Waals surface area contributed by atoms with Crippen molar-refractivity contribution in [2.45, 2.75) is 6.92 Å². The van der Waals surface area contributed by atoms with Gasteiger partial charge in [0.2, 0.25) is 10.0 Å². The fourth-order valence-corrected chi connectivity index (χ4v) is 3.64. The van der Waals surface area contributed by atoms with Crippen LogP contribution in [-0.2, 0) is 10.0 Å². The maximum atomic E-state index is 12.2. The monoisotopic (exact) mass is 388 g/mol. The zero-order valence-corrected chi connectivity index (χ0v) is 14.5. The second-order valence-corrected chi connectivity index (χ2v) is 8.56. The summed E-state index contributed by atoms with van der Waals surface area (Å²) in [6, 6.07) is 8.41. The van der Waals surface area contributed by atoms with Gasteiger partial charge in [0.1, 0.15) is 0 Å². The van der Waals surface area contributed by atoms with Gasteiger partial charge < -0.3 is 5.32 Å². The number of benzene rings is 1. The molecular weight excluding hydrogens is 376 g/mol. The highest BCUT2D eigenvalue weighted by atomic mass is 79.9. The molecule has 0 fully saturated rings. The number of para-hydroxylation sites is 2. The van der Waals surface area contributed by atoms with Crippen LogP contribution >= 0.6 is 27.3 Å². The normalized spacial score (nSPS) is 11.2. The van der Waals surface area contributed by atoms with Crippen molar-refractivity contribution in [3.8, 4) is 0 Å². The predicted octanol–water partition coefficient (Wildman–Crippen LogP) is 3.44. The molecule has 112 valence electrons. The van der Waals surface area contributed by atoms with E-state index in [-0.39, 0.29) is 5.91 Å². The molecule has 21 heavy (non-hydrogen) atoms. The van der Waals surface area contributed by atoms with Crippen LogP contribution in [0.1, 0.15) is 15.2 Å². The first-order valence-electron chi connectivity index (χ1n) is 5.90. The Hall–Kier alpha value is -1.38. The van der Waals surface area contributed by atoms with Gasteiger partial charge in [-0.25, -0.2) is 8.42 Å². The Bertz CT molecular complexity index is 765. The molecule has 0 spiro atoms. The van der Waals surface area contributed by atoms with Gasteiger partial charge in [-0.05, 0) is 46.6 Å². The summed E-state index contributed by atoms with van der Waals surface area (Å²) in [6.07, 6.45) is 1.06. The van der Waals surface area contributed by atoms with Crippen LogP contribution in [0.4, 0.5) is 11.4 Å². The number of nitrogens with one attached hydrogen (secondary N) is 2. The van der Waals surface area contributed by atoms with Gasteiger partial charge in [0.15, 0.2) is 0 Å². The quantitative estimate of drug-likeness (QED) is 0.841. The van der Waals surface area contributed by atoms with E-state index in [4.69, 9.17) is 0 Å². The van der Waals surface area contributed by atoms with Crippen LogP contribution in [-0.4, -0.2) is 20.6 Å². The van der Waals surface area contributed by atoms with Crippen molar-refractivity contribution in [1.29, 1.82) is 0 Å². The van der Waals surface area contributed by atoms with Crippen molar-refractivity contribution >= 4 is 54.6 Å². The molecule has 0 atom stereocenters. The third-order valence-electron chi connectivity index (χ3n) is 2.55. The fraction of sp³-hybridized carbons (Fsp3) is 0.154. The van der Waals surface area contributed by atoms with Crippen LogP contribution in [0.3, 0.4) is 0 Å². The molecule has 0 aliphatic heterocycles. The van der Waals surface area contributed by atoms with E-state index in [2.05, 4.69) is 26.0 Å². The van der Waals surface area contributed by atoms with Crippen molar-refractivity contribution in [3.63, 3.8) is 0 Å². The third-order valence-corrected chi connectivity index (χ3v) is 5.28. The van der Waals surface area contributed by atoms with Crippen molar-refractivity contribution < 1.29 is 13.2 Å². The second-order valence-electron chi connectivity index (χ2n) is 4.44. The van der Waals surface area contributed by atoms with Crippen LogP contribution in [0.25, 0.3) is 0 Å². The zero-order valence-electron chi connectivity index (χ0n) is 11.3. The summed E-state index contributed by atoms with van der Waals surface area (Å²) >= 11 is 4.70. The topological polar surface area (TPSA) is 75.3 Å². The number of halogens is 1. The Morgan fingerprint density at radius 2 is 1.86 bits per heavy atom. The first kappa shape index (κ1) is 16.0. The van der Waals surface area contributed by atoms with E-state index in [0.717, 1.165) is 15.6 Å². The molecule has 1 heterocycles. The zero-order chi connectivity index (χ0) is 15.6. The van der Waals surface area contributed by atoms with Gasteiger partial charge in [0, 0.05) is 0 Å². The predicted molar refractivity (Wildman–Crippen MR) is 89.6 cm³/mol. The summed E-state index contributed by atoms with van der Waals surface area (Å²) in [5, 5.41) is 2.71. The molecule has 2 N–H and O–H groups in total. The van der Waals surface area contributed by atoms with Crippen molar-refractivity contribution in [1.82, 2.24) is 0 Å². The molecule has 1 aromatic heterocycles. The Morgan fingerprint density at radius 3 is 2.38 bits per heavy atom. The van der Waals surface area contributed by atoms with E-state index in [1.54, 1.807) is 30.3 Å². The Labute approximate surface area is 135 Å². The van der Waals surface area contributed by atoms with Gasteiger partial charge in [-0.2, -0.15) is 0 Å². The van der Waals surface area contributed by atoms with Gasteiger partial charge in [0.05, 0.1) is 26.3 Å². The van der Waals surface area contributed by atoms with Gasteiger partial charge in [0.25, 0.3) is 5.91 Å². The van der Waals surface area contributed by atoms with E-state index >= 15 is 0 Å². The summed E-state index contributed by atoms with van der Waals surface area (Å²) in [5.74, 6) is -0.281. The average Bonchev–Trinajstić information content (AvgIpc) is 2.70. The summed E-state index contributed by atoms with van der Waals surface area (Å²) in [5.41, 5.74) is 1.73. The third kappa shape index (κ3) is 4.29. The van der Waals surface area contributed by atoms with Crippen molar-refractivity contribution in [2.75, 3.05) is 16.3 Å². The molecule has 0 aliphatic carbocycles. The number of aryl methyl sites for hydroxylation is 1. The van der Waals surface area contributed by atoms with Gasteiger partial charge in [-0.3, -0.25) is 9.52 Å². The summed E-state index contributed by atoms with van der Waals surface area (Å²) in [7, 11) is -3.41. The lowest BCUT2D eigenvalue weighted by Gasteiger charge is -2.11. The van der Waals surface area contributed by atoms with E-state index in [1.807, 2.05) is 6.92 Å². The SMILES string of the molecule is Cc1cc(C(=O)Nc2ccccc2NS(C)(=O)=O)sc1Br. The van der Waals surface area contributed by atoms with Gasteiger partial charge in [-0.1, -0.05) is 12.1 Å². The summed E-state index contributed by atoms with van der Waals surface area (Å²) in [4.78, 5) is 12.7. The van der Waals surface area contributed by atoms with E-state index in [0.29, 0.717) is 16.3 Å². The van der Waals surface area contributed by atoms with Gasteiger partial charge in [-0.15, -0.1) is 11.3 Å². The Balaban J connectivity index is 2.25. The van der Waals surface area contributed by atoms with Crippen LogP contribution in [0.5, 0.6) is 0 Å². The molecule has 0 aliphatic rings. The minimum Gasteiger partial charge on any atom is -0.319 e. The lowest BCUT2D eigenvalue weighted by molar-refractivity contribution is 0.103. The largest absolute Gasteiger partial charge is 0.319 e. The maximum absolute atomic E-state index is 12.2. The molecule has 1 aromatic carbocycles. The molecule has 8 heteroatoms. The maximum Gasteiger partial charge on any atom is 0.265 e. The number of amides is 1. The minimum atomic E-state index is -3.41. The summed E-state index contributed by atoms with van der Waals surface area (Å²) in [6.45, 7) is 1.90. The van der Waals surface area contributed by atoms with Crippen LogP contribution in [0.15, 0.2) is 34.1 Å². The molecule has 5 nitrogen and oxygen atoms in total. The van der Waals surface area contributed by atoms with Crippen molar-refractivity contribution in [2.24, 2.45) is 0 Å². The van der Waals surface area contributed by atoms with Crippen LogP contribution in [0, 0.1) is 6.92 Å². The first-order valence-corrected chi connectivity index (χ1v) is 9.40. The molecular formula is C13H13BrN2O3S2. The number of hydrogen-bond donors (Lipinski definition) is 2. The molecule has 2 rings (SSSR count). The highest BCUT2D eigenvalue weighted by molar-refractivity contribution is 9.11. The molecule has 1 amide bonds. The fourth-order valence-electron chi connectivity index (χ4n) is 1.64. The molecule has 0 radical (unpaired) electrons. The Morgan fingerprint density at radius 1 is 1.24 bits per heavy atom. The van der Waals surface area contributed by atoms with Crippen molar-refractivity contribution in [3.05, 3.63) is 44.6 Å². The number of sulfonamides is 1. The van der Waals surface area contributed by atoms with E-state index in [1.165, 1.54) is 11.3 Å². The standard InChI is InChI=1S/C13H13BrN2O3S2/c1-8-7-11(20-12(8)14)13(17)15-9-5-3-4-6-10(9)16-21(2,18)19/h3-7,16H,1-2H3,(H,15,17). The number of rotatable bonds is 4. The molecule has 0 bridgehead atoms. The van der Waals surface area contributed by atoms with E-state index < -0.39 is 10.0 Å². The summed E-state index contributed by atoms with van der Waals surface area (Å²) < 4.78 is 25.9. The smallest absolute Gasteiger partial charge is 0.265 e. The van der Waals surface area contributed by atoms with Crippen LogP contribution in [0.2, 0.25) is 0 Å². The minimum absolute atomic E-state index is 0.281. The highest BCUT2D eigenvalue weighted by Crippen LogP contribution is 2.29. The van der Waals surface area contributed by atoms with E-state index in [9.17, 15) is 13.2 Å². The number of hydrogen-bond acceptors (Lipinski definition) is 4. The number of anilines is 2. The van der Waals surface area contributed by atoms with Gasteiger partial charge >= 0.3 is 0 Å². The first-order chi connectivity index (χ1) is 9.76. The lowest BCUT2D eigenvalue weighted by Crippen LogP contribution is -2.15.